The van der Waals surface area contributed by atoms with Crippen LogP contribution in [0.4, 0.5) is 10.5 Å². The van der Waals surface area contributed by atoms with Gasteiger partial charge in [0.1, 0.15) is 12.4 Å². The third-order valence-corrected chi connectivity index (χ3v) is 5.71. The zero-order chi connectivity index (χ0) is 21.6. The van der Waals surface area contributed by atoms with Gasteiger partial charge < -0.3 is 24.6 Å². The van der Waals surface area contributed by atoms with Crippen molar-refractivity contribution < 1.29 is 19.1 Å². The van der Waals surface area contributed by atoms with Gasteiger partial charge in [-0.05, 0) is 49.2 Å². The second kappa shape index (κ2) is 10.0. The van der Waals surface area contributed by atoms with Gasteiger partial charge in [0.2, 0.25) is 0 Å². The largest absolute Gasteiger partial charge is 0.491 e. The van der Waals surface area contributed by atoms with Crippen LogP contribution >= 0.6 is 11.6 Å². The number of carbonyl (C=O) groups excluding carboxylic acids is 2. The van der Waals surface area contributed by atoms with Crippen molar-refractivity contribution in [3.05, 3.63) is 59.1 Å². The molecule has 7 nitrogen and oxygen atoms in total. The summed E-state index contributed by atoms with van der Waals surface area (Å²) in [5.74, 6) is 0.610. The van der Waals surface area contributed by atoms with Crippen LogP contribution in [-0.2, 0) is 4.74 Å². The van der Waals surface area contributed by atoms with E-state index in [0.717, 1.165) is 19.4 Å². The molecule has 31 heavy (non-hydrogen) atoms. The lowest BCUT2D eigenvalue weighted by atomic mass is 10.1. The molecule has 1 atom stereocenters. The topological polar surface area (TPSA) is 71.1 Å². The number of hydrogen-bond donors (Lipinski definition) is 1. The first kappa shape index (κ1) is 21.5. The maximum absolute atomic E-state index is 12.9. The normalized spacial score (nSPS) is 18.7. The Morgan fingerprint density at radius 1 is 1.06 bits per heavy atom. The fourth-order valence-corrected chi connectivity index (χ4v) is 3.94. The standard InChI is InChI=1S/C23H26ClN3O4/c24-18-5-2-6-19(15-18)25-23(29)27-11-9-26(10-12-27)22(28)17-4-1-7-20(14-17)31-16-21-8-3-13-30-21/h1-2,4-7,14-15,21H,3,8-13,16H2,(H,25,29)/t21-/m1/s1. The van der Waals surface area contributed by atoms with E-state index in [1.165, 1.54) is 0 Å². The number of carbonyl (C=O) groups is 2. The highest BCUT2D eigenvalue weighted by atomic mass is 35.5. The van der Waals surface area contributed by atoms with Gasteiger partial charge in [0, 0.05) is 49.1 Å². The lowest BCUT2D eigenvalue weighted by molar-refractivity contribution is 0.0661. The molecule has 2 saturated heterocycles. The minimum atomic E-state index is -0.195. The number of ether oxygens (including phenoxy) is 2. The second-order valence-corrected chi connectivity index (χ2v) is 8.13. The smallest absolute Gasteiger partial charge is 0.321 e. The van der Waals surface area contributed by atoms with Gasteiger partial charge in [0.15, 0.2) is 0 Å². The van der Waals surface area contributed by atoms with Crippen LogP contribution in [0.25, 0.3) is 0 Å². The van der Waals surface area contributed by atoms with Gasteiger partial charge in [-0.15, -0.1) is 0 Å². The van der Waals surface area contributed by atoms with Crippen molar-refractivity contribution in [3.8, 4) is 5.75 Å². The van der Waals surface area contributed by atoms with Crippen LogP contribution in [0.3, 0.4) is 0 Å². The molecule has 0 spiro atoms. The Labute approximate surface area is 186 Å². The van der Waals surface area contributed by atoms with Crippen LogP contribution in [0.15, 0.2) is 48.5 Å². The molecule has 0 saturated carbocycles. The monoisotopic (exact) mass is 443 g/mol. The van der Waals surface area contributed by atoms with Crippen molar-refractivity contribution in [2.75, 3.05) is 44.7 Å². The Hall–Kier alpha value is -2.77. The van der Waals surface area contributed by atoms with Crippen molar-refractivity contribution in [1.82, 2.24) is 9.80 Å². The highest BCUT2D eigenvalue weighted by Crippen LogP contribution is 2.19. The molecule has 164 valence electrons. The molecule has 0 aromatic heterocycles. The van der Waals surface area contributed by atoms with Crippen LogP contribution < -0.4 is 10.1 Å². The van der Waals surface area contributed by atoms with E-state index in [0.29, 0.717) is 54.8 Å². The van der Waals surface area contributed by atoms with Crippen LogP contribution in [0.1, 0.15) is 23.2 Å². The predicted octanol–water partition coefficient (Wildman–Crippen LogP) is 3.89. The maximum Gasteiger partial charge on any atom is 0.321 e. The number of hydrogen-bond acceptors (Lipinski definition) is 4. The van der Waals surface area contributed by atoms with E-state index in [2.05, 4.69) is 5.32 Å². The zero-order valence-electron chi connectivity index (χ0n) is 17.3. The van der Waals surface area contributed by atoms with Gasteiger partial charge in [0.05, 0.1) is 6.10 Å². The lowest BCUT2D eigenvalue weighted by Gasteiger charge is -2.34. The number of nitrogens with zero attached hydrogens (tertiary/aromatic N) is 2. The third kappa shape index (κ3) is 5.68. The summed E-state index contributed by atoms with van der Waals surface area (Å²) in [4.78, 5) is 28.9. The molecular formula is C23H26ClN3O4. The van der Waals surface area contributed by atoms with Crippen molar-refractivity contribution in [3.63, 3.8) is 0 Å². The molecule has 1 N–H and O–H groups in total. The van der Waals surface area contributed by atoms with Gasteiger partial charge in [-0.25, -0.2) is 4.79 Å². The summed E-state index contributed by atoms with van der Waals surface area (Å²) >= 11 is 5.97. The molecule has 2 heterocycles. The predicted molar refractivity (Wildman–Crippen MR) is 119 cm³/mol. The van der Waals surface area contributed by atoms with E-state index in [9.17, 15) is 9.59 Å². The number of benzene rings is 2. The number of amides is 3. The van der Waals surface area contributed by atoms with E-state index >= 15 is 0 Å². The number of halogens is 1. The van der Waals surface area contributed by atoms with Crippen LogP contribution in [0, 0.1) is 0 Å². The highest BCUT2D eigenvalue weighted by Gasteiger charge is 2.25. The summed E-state index contributed by atoms with van der Waals surface area (Å²) in [5.41, 5.74) is 1.23. The molecule has 3 amide bonds. The molecule has 0 unspecified atom stereocenters. The lowest BCUT2D eigenvalue weighted by Crippen LogP contribution is -2.51. The second-order valence-electron chi connectivity index (χ2n) is 7.69. The maximum atomic E-state index is 12.9. The Morgan fingerprint density at radius 3 is 2.58 bits per heavy atom. The molecule has 2 aliphatic heterocycles. The molecule has 2 aromatic rings. The molecule has 0 radical (unpaired) electrons. The molecule has 2 fully saturated rings. The van der Waals surface area contributed by atoms with Crippen molar-refractivity contribution in [2.24, 2.45) is 0 Å². The van der Waals surface area contributed by atoms with Crippen molar-refractivity contribution in [1.29, 1.82) is 0 Å². The van der Waals surface area contributed by atoms with Gasteiger partial charge in [-0.3, -0.25) is 4.79 Å². The first-order valence-corrected chi connectivity index (χ1v) is 10.9. The third-order valence-electron chi connectivity index (χ3n) is 5.47. The molecule has 4 rings (SSSR count). The summed E-state index contributed by atoms with van der Waals surface area (Å²) < 4.78 is 11.4. The Bertz CT molecular complexity index is 925. The number of urea groups is 1. The average molecular weight is 444 g/mol. The summed E-state index contributed by atoms with van der Waals surface area (Å²) in [6, 6.07) is 14.1. The number of anilines is 1. The van der Waals surface area contributed by atoms with Crippen LogP contribution in [-0.4, -0.2) is 67.2 Å². The number of rotatable bonds is 5. The SMILES string of the molecule is O=C(Nc1cccc(Cl)c1)N1CCN(C(=O)c2cccc(OC[C@H]3CCCO3)c2)CC1. The van der Waals surface area contributed by atoms with E-state index in [-0.39, 0.29) is 18.0 Å². The number of piperazine rings is 1. The van der Waals surface area contributed by atoms with Crippen molar-refractivity contribution in [2.45, 2.75) is 18.9 Å². The summed E-state index contributed by atoms with van der Waals surface area (Å²) in [6.45, 7) is 3.17. The summed E-state index contributed by atoms with van der Waals surface area (Å²) in [5, 5.41) is 3.41. The minimum Gasteiger partial charge on any atom is -0.491 e. The molecule has 0 bridgehead atoms. The number of nitrogens with one attached hydrogen (secondary N) is 1. The van der Waals surface area contributed by atoms with E-state index in [4.69, 9.17) is 21.1 Å². The van der Waals surface area contributed by atoms with E-state index in [1.807, 2.05) is 12.1 Å². The van der Waals surface area contributed by atoms with Gasteiger partial charge in [-0.1, -0.05) is 23.7 Å². The summed E-state index contributed by atoms with van der Waals surface area (Å²) in [7, 11) is 0. The van der Waals surface area contributed by atoms with Crippen molar-refractivity contribution >= 4 is 29.2 Å². The Balaban J connectivity index is 1.28. The Morgan fingerprint density at radius 2 is 1.84 bits per heavy atom. The van der Waals surface area contributed by atoms with Crippen LogP contribution in [0.2, 0.25) is 5.02 Å². The van der Waals surface area contributed by atoms with Gasteiger partial charge >= 0.3 is 6.03 Å². The van der Waals surface area contributed by atoms with E-state index < -0.39 is 0 Å². The average Bonchev–Trinajstić information content (AvgIpc) is 3.31. The summed E-state index contributed by atoms with van der Waals surface area (Å²) in [6.07, 6.45) is 2.20. The minimum absolute atomic E-state index is 0.0579. The van der Waals surface area contributed by atoms with Gasteiger partial charge in [-0.2, -0.15) is 0 Å². The van der Waals surface area contributed by atoms with Crippen LogP contribution in [0.5, 0.6) is 5.75 Å². The first-order chi connectivity index (χ1) is 15.1. The fourth-order valence-electron chi connectivity index (χ4n) is 3.75. The molecule has 2 aliphatic rings. The van der Waals surface area contributed by atoms with Gasteiger partial charge in [0.25, 0.3) is 5.91 Å². The zero-order valence-corrected chi connectivity index (χ0v) is 18.0. The fraction of sp³-hybridized carbons (Fsp3) is 0.391. The molecule has 0 aliphatic carbocycles. The quantitative estimate of drug-likeness (QED) is 0.761. The first-order valence-electron chi connectivity index (χ1n) is 10.5. The molecular weight excluding hydrogens is 418 g/mol. The van der Waals surface area contributed by atoms with E-state index in [1.54, 1.807) is 46.2 Å². The highest BCUT2D eigenvalue weighted by molar-refractivity contribution is 6.30. The molecule has 8 heteroatoms. The molecule has 2 aromatic carbocycles. The Kier molecular flexibility index (Phi) is 6.94.